The van der Waals surface area contributed by atoms with Gasteiger partial charge in [-0.3, -0.25) is 0 Å². The molecule has 19 heavy (non-hydrogen) atoms. The van der Waals surface area contributed by atoms with Gasteiger partial charge in [0.05, 0.1) is 5.54 Å². The van der Waals surface area contributed by atoms with E-state index in [1.807, 2.05) is 0 Å². The van der Waals surface area contributed by atoms with E-state index in [9.17, 15) is 22.8 Å². The number of carbonyl (C=O) groups excluding carboxylic acids is 2. The maximum atomic E-state index is 12.2. The third kappa shape index (κ3) is 5.08. The first-order valence-electron chi connectivity index (χ1n) is 6.34. The van der Waals surface area contributed by atoms with Crippen LogP contribution in [0.1, 0.15) is 38.5 Å². The van der Waals surface area contributed by atoms with Crippen LogP contribution in [-0.2, 0) is 4.79 Å². The minimum Gasteiger partial charge on any atom is -0.326 e. The lowest BCUT2D eigenvalue weighted by molar-refractivity contribution is -0.137. The van der Waals surface area contributed by atoms with Gasteiger partial charge in [0.15, 0.2) is 0 Å². The summed E-state index contributed by atoms with van der Waals surface area (Å²) in [5, 5.41) is 2.46. The first-order valence-corrected chi connectivity index (χ1v) is 6.34. The molecule has 0 aromatic heterocycles. The molecule has 0 spiro atoms. The molecule has 0 atom stereocenters. The molecule has 1 fully saturated rings. The second-order valence-electron chi connectivity index (χ2n) is 5.09. The normalized spacial score (nSPS) is 19.4. The first kappa shape index (κ1) is 15.8. The van der Waals surface area contributed by atoms with Crippen molar-refractivity contribution in [2.75, 3.05) is 13.6 Å². The van der Waals surface area contributed by atoms with Crippen LogP contribution in [-0.4, -0.2) is 42.5 Å². The highest BCUT2D eigenvalue weighted by atomic mass is 19.4. The molecule has 7 heteroatoms. The largest absolute Gasteiger partial charge is 0.406 e. The number of hydrogen-bond donors (Lipinski definition) is 1. The minimum absolute atomic E-state index is 0.488. The third-order valence-electron chi connectivity index (χ3n) is 3.34. The Hall–Kier alpha value is -1.27. The Morgan fingerprint density at radius 2 is 1.79 bits per heavy atom. The van der Waals surface area contributed by atoms with Crippen LogP contribution in [0.3, 0.4) is 0 Å². The molecule has 1 saturated carbocycles. The van der Waals surface area contributed by atoms with Gasteiger partial charge in [-0.1, -0.05) is 25.7 Å². The predicted molar refractivity (Wildman–Crippen MR) is 63.7 cm³/mol. The third-order valence-corrected chi connectivity index (χ3v) is 3.34. The zero-order valence-electron chi connectivity index (χ0n) is 10.9. The molecule has 0 bridgehead atoms. The molecule has 0 radical (unpaired) electrons. The van der Waals surface area contributed by atoms with Gasteiger partial charge in [-0.05, 0) is 12.8 Å². The summed E-state index contributed by atoms with van der Waals surface area (Å²) < 4.78 is 36.6. The maximum absolute atomic E-state index is 12.2. The van der Waals surface area contributed by atoms with Crippen LogP contribution in [0.25, 0.3) is 0 Å². The van der Waals surface area contributed by atoms with E-state index in [2.05, 4.69) is 5.32 Å². The number of amides is 2. The van der Waals surface area contributed by atoms with Gasteiger partial charge in [-0.2, -0.15) is 13.2 Å². The Morgan fingerprint density at radius 3 is 2.21 bits per heavy atom. The Labute approximate surface area is 110 Å². The van der Waals surface area contributed by atoms with Gasteiger partial charge < -0.3 is 15.0 Å². The van der Waals surface area contributed by atoms with Crippen molar-refractivity contribution in [3.8, 4) is 0 Å². The molecular formula is C12H19F3N2O2. The first-order chi connectivity index (χ1) is 8.78. The van der Waals surface area contributed by atoms with Crippen LogP contribution in [0.2, 0.25) is 0 Å². The standard InChI is InChI=1S/C12H19F3N2O2/c1-17(8-12(13,14)15)10(19)16-11(9-18)6-4-2-3-5-7-11/h9H,2-8H2,1H3,(H,16,19). The molecule has 0 aromatic carbocycles. The van der Waals surface area contributed by atoms with Gasteiger partial charge in [-0.25, -0.2) is 4.79 Å². The fourth-order valence-electron chi connectivity index (χ4n) is 2.28. The van der Waals surface area contributed by atoms with Gasteiger partial charge >= 0.3 is 12.2 Å². The summed E-state index contributed by atoms with van der Waals surface area (Å²) in [6.45, 7) is -1.33. The fourth-order valence-corrected chi connectivity index (χ4v) is 2.28. The van der Waals surface area contributed by atoms with E-state index in [-0.39, 0.29) is 0 Å². The summed E-state index contributed by atoms with van der Waals surface area (Å²) >= 11 is 0. The van der Waals surface area contributed by atoms with Crippen molar-refractivity contribution in [2.24, 2.45) is 0 Å². The van der Waals surface area contributed by atoms with E-state index in [0.29, 0.717) is 24.0 Å². The lowest BCUT2D eigenvalue weighted by atomic mass is 9.92. The van der Waals surface area contributed by atoms with E-state index >= 15 is 0 Å². The van der Waals surface area contributed by atoms with Crippen LogP contribution in [0.15, 0.2) is 0 Å². The number of rotatable bonds is 3. The van der Waals surface area contributed by atoms with Crippen LogP contribution < -0.4 is 5.32 Å². The second kappa shape index (κ2) is 6.25. The number of alkyl halides is 3. The summed E-state index contributed by atoms with van der Waals surface area (Å²) in [5.74, 6) is 0. The fraction of sp³-hybridized carbons (Fsp3) is 0.833. The summed E-state index contributed by atoms with van der Waals surface area (Å²) in [7, 11) is 1.07. The Morgan fingerprint density at radius 1 is 1.26 bits per heavy atom. The highest BCUT2D eigenvalue weighted by Gasteiger charge is 2.36. The zero-order chi connectivity index (χ0) is 14.5. The van der Waals surface area contributed by atoms with Crippen LogP contribution in [0, 0.1) is 0 Å². The smallest absolute Gasteiger partial charge is 0.326 e. The number of carbonyl (C=O) groups is 2. The number of halogens is 3. The quantitative estimate of drug-likeness (QED) is 0.638. The van der Waals surface area contributed by atoms with Crippen LogP contribution >= 0.6 is 0 Å². The van der Waals surface area contributed by atoms with Gasteiger partial charge in [0.2, 0.25) is 0 Å². The van der Waals surface area contributed by atoms with Gasteiger partial charge in [0.25, 0.3) is 0 Å². The minimum atomic E-state index is -4.44. The number of hydrogen-bond acceptors (Lipinski definition) is 2. The van der Waals surface area contributed by atoms with E-state index in [0.717, 1.165) is 32.7 Å². The van der Waals surface area contributed by atoms with Gasteiger partial charge in [0, 0.05) is 7.05 Å². The van der Waals surface area contributed by atoms with E-state index in [1.54, 1.807) is 0 Å². The second-order valence-corrected chi connectivity index (χ2v) is 5.09. The highest BCUT2D eigenvalue weighted by molar-refractivity contribution is 5.80. The molecule has 0 aromatic rings. The Bertz CT molecular complexity index is 323. The average molecular weight is 280 g/mol. The number of nitrogens with zero attached hydrogens (tertiary/aromatic N) is 1. The van der Waals surface area contributed by atoms with Crippen LogP contribution in [0.5, 0.6) is 0 Å². The zero-order valence-corrected chi connectivity index (χ0v) is 10.9. The van der Waals surface area contributed by atoms with Crippen molar-refractivity contribution in [2.45, 2.75) is 50.2 Å². The van der Waals surface area contributed by atoms with E-state index in [4.69, 9.17) is 0 Å². The van der Waals surface area contributed by atoms with Crippen molar-refractivity contribution in [3.05, 3.63) is 0 Å². The predicted octanol–water partition coefficient (Wildman–Crippen LogP) is 2.48. The SMILES string of the molecule is CN(CC(F)(F)F)C(=O)NC1(C=O)CCCCCC1. The van der Waals surface area contributed by atoms with Crippen molar-refractivity contribution in [1.82, 2.24) is 10.2 Å². The lowest BCUT2D eigenvalue weighted by Gasteiger charge is -2.30. The van der Waals surface area contributed by atoms with Crippen molar-refractivity contribution in [1.29, 1.82) is 0 Å². The van der Waals surface area contributed by atoms with Gasteiger partial charge in [0.1, 0.15) is 12.8 Å². The number of nitrogens with one attached hydrogen (secondary N) is 1. The summed E-state index contributed by atoms with van der Waals surface area (Å²) in [4.78, 5) is 23.5. The molecular weight excluding hydrogens is 261 g/mol. The molecule has 0 aliphatic heterocycles. The summed E-state index contributed by atoms with van der Waals surface area (Å²) in [6, 6.07) is -0.855. The molecule has 0 heterocycles. The highest BCUT2D eigenvalue weighted by Crippen LogP contribution is 2.26. The topological polar surface area (TPSA) is 49.4 Å². The van der Waals surface area contributed by atoms with Crippen molar-refractivity contribution < 1.29 is 22.8 Å². The molecule has 1 aliphatic rings. The summed E-state index contributed by atoms with van der Waals surface area (Å²) in [6.07, 6.45) is 0.740. The molecule has 1 N–H and O–H groups in total. The van der Waals surface area contributed by atoms with E-state index < -0.39 is 24.3 Å². The molecule has 1 rings (SSSR count). The van der Waals surface area contributed by atoms with Crippen molar-refractivity contribution >= 4 is 12.3 Å². The van der Waals surface area contributed by atoms with Crippen molar-refractivity contribution in [3.63, 3.8) is 0 Å². The van der Waals surface area contributed by atoms with Crippen LogP contribution in [0.4, 0.5) is 18.0 Å². The number of urea groups is 1. The molecule has 2 amide bonds. The molecule has 4 nitrogen and oxygen atoms in total. The molecule has 0 unspecified atom stereocenters. The Balaban J connectivity index is 2.64. The Kier molecular flexibility index (Phi) is 5.20. The molecule has 0 saturated heterocycles. The summed E-state index contributed by atoms with van der Waals surface area (Å²) in [5.41, 5.74) is -1.01. The average Bonchev–Trinajstić information content (AvgIpc) is 2.53. The maximum Gasteiger partial charge on any atom is 0.406 e. The van der Waals surface area contributed by atoms with E-state index in [1.165, 1.54) is 0 Å². The monoisotopic (exact) mass is 280 g/mol. The lowest BCUT2D eigenvalue weighted by Crippen LogP contribution is -2.54. The molecule has 1 aliphatic carbocycles. The molecule has 110 valence electrons. The number of aldehydes is 1. The van der Waals surface area contributed by atoms with Gasteiger partial charge in [-0.15, -0.1) is 0 Å².